The molecule has 126 valence electrons. The van der Waals surface area contributed by atoms with Gasteiger partial charge in [0.15, 0.2) is 0 Å². The maximum atomic E-state index is 9.82. The fourth-order valence-electron chi connectivity index (χ4n) is 0.889. The second-order valence-corrected chi connectivity index (χ2v) is 9.08. The van der Waals surface area contributed by atoms with Gasteiger partial charge >= 0.3 is 55.3 Å². The van der Waals surface area contributed by atoms with Crippen molar-refractivity contribution < 1.29 is 28.7 Å². The Bertz CT molecular complexity index is 310. The zero-order valence-corrected chi connectivity index (χ0v) is 16.6. The number of carbonyl (C=O) groups is 2. The van der Waals surface area contributed by atoms with Crippen LogP contribution in [0.2, 0.25) is 8.45 Å². The molecule has 0 atom stereocenters. The molecule has 0 rings (SSSR count). The van der Waals surface area contributed by atoms with E-state index in [1.54, 1.807) is 12.1 Å². The van der Waals surface area contributed by atoms with Gasteiger partial charge in [-0.1, -0.05) is 6.92 Å². The normalized spacial score (nSPS) is 7.82. The van der Waals surface area contributed by atoms with Crippen LogP contribution in [0.25, 0.3) is 0 Å². The number of nitriles is 2. The topological polar surface area (TPSA) is 108 Å². The molecule has 0 aromatic rings. The van der Waals surface area contributed by atoms with E-state index in [0.29, 0.717) is 19.2 Å². The molecule has 0 aliphatic carbocycles. The number of rotatable bonds is 4. The van der Waals surface area contributed by atoms with E-state index in [-0.39, 0.29) is 24.4 Å². The van der Waals surface area contributed by atoms with E-state index in [1.165, 1.54) is 13.8 Å². The summed E-state index contributed by atoms with van der Waals surface area (Å²) in [6.45, 7) is 14.7. The zero-order valence-electron chi connectivity index (χ0n) is 15.1. The number of Topliss-reactive ketones (excluding diaryl/α,β-unsaturated/α-hetero) is 2. The summed E-state index contributed by atoms with van der Waals surface area (Å²) in [6, 6.07) is 3.44. The van der Waals surface area contributed by atoms with Crippen LogP contribution in [-0.2, 0) is 28.7 Å². The van der Waals surface area contributed by atoms with Crippen molar-refractivity contribution in [2.24, 2.45) is 5.73 Å². The Hall–Kier alpha value is -1.01. The molecule has 0 amide bonds. The Labute approximate surface area is 145 Å². The van der Waals surface area contributed by atoms with Crippen LogP contribution in [0.5, 0.6) is 0 Å². The average Bonchev–Trinajstić information content (AvgIpc) is 2.28. The zero-order chi connectivity index (χ0) is 18.6. The van der Waals surface area contributed by atoms with Gasteiger partial charge in [-0.05, 0) is 20.4 Å². The van der Waals surface area contributed by atoms with Crippen molar-refractivity contribution >= 4 is 11.6 Å². The van der Waals surface area contributed by atoms with Crippen LogP contribution in [0.3, 0.4) is 0 Å². The molecule has 0 aliphatic rings. The standard InChI is InChI=1S/2C4H5NO.2C3H7.C2H7N.Ti/c2*1-4(6)2-3-5;2*1-3-2;1-2-3;/h2*2H2,1H3;2*3H,1-2H3;2-3H2,1H3;. The third-order valence-corrected chi connectivity index (χ3v) is 3.40. The second-order valence-electron chi connectivity index (χ2n) is 4.96. The molecule has 0 spiro atoms. The van der Waals surface area contributed by atoms with Crippen LogP contribution in [0.15, 0.2) is 0 Å². The molecule has 0 radical (unpaired) electrons. The molecular weight excluding hydrogens is 314 g/mol. The average molecular weight is 345 g/mol. The Morgan fingerprint density at radius 2 is 1.18 bits per heavy atom. The first-order valence-electron chi connectivity index (χ1n) is 7.27. The van der Waals surface area contributed by atoms with E-state index in [9.17, 15) is 9.59 Å². The summed E-state index contributed by atoms with van der Waals surface area (Å²) in [4.78, 5) is 19.6. The molecule has 0 aromatic heterocycles. The molecule has 0 fully saturated rings. The maximum absolute atomic E-state index is 9.82. The fraction of sp³-hybridized carbons (Fsp3) is 0.750. The van der Waals surface area contributed by atoms with Crippen molar-refractivity contribution in [1.82, 2.24) is 0 Å². The van der Waals surface area contributed by atoms with Gasteiger partial charge in [0.05, 0.1) is 25.0 Å². The molecular formula is C16H31N3O2Ti. The summed E-state index contributed by atoms with van der Waals surface area (Å²) in [5.74, 6) is -0.144. The Morgan fingerprint density at radius 3 is 1.18 bits per heavy atom. The van der Waals surface area contributed by atoms with E-state index in [2.05, 4.69) is 27.7 Å². The van der Waals surface area contributed by atoms with Crippen LogP contribution in [0.4, 0.5) is 0 Å². The molecule has 5 nitrogen and oxygen atoms in total. The van der Waals surface area contributed by atoms with E-state index in [4.69, 9.17) is 16.3 Å². The number of nitrogens with zero attached hydrogens (tertiary/aromatic N) is 2. The van der Waals surface area contributed by atoms with Gasteiger partial charge < -0.3 is 5.73 Å². The van der Waals surface area contributed by atoms with Gasteiger partial charge in [0.1, 0.15) is 11.6 Å². The van der Waals surface area contributed by atoms with Crippen molar-refractivity contribution in [3.63, 3.8) is 0 Å². The summed E-state index contributed by atoms with van der Waals surface area (Å²) in [6.07, 6.45) is 0.0833. The minimum atomic E-state index is -0.0718. The van der Waals surface area contributed by atoms with Crippen molar-refractivity contribution in [1.29, 1.82) is 10.5 Å². The molecule has 22 heavy (non-hydrogen) atoms. The minimum absolute atomic E-state index is 0.0417. The fourth-order valence-corrected chi connectivity index (χ4v) is 2.97. The number of nitrogens with two attached hydrogens (primary N) is 1. The summed E-state index contributed by atoms with van der Waals surface area (Å²) in [7, 11) is 0. The van der Waals surface area contributed by atoms with Gasteiger partial charge in [0.25, 0.3) is 0 Å². The first kappa shape index (κ1) is 29.1. The van der Waals surface area contributed by atoms with Crippen molar-refractivity contribution in [3.05, 3.63) is 0 Å². The molecule has 0 heterocycles. The van der Waals surface area contributed by atoms with Crippen LogP contribution >= 0.6 is 0 Å². The molecule has 0 saturated carbocycles. The van der Waals surface area contributed by atoms with Gasteiger partial charge in [0, 0.05) is 0 Å². The molecule has 2 N–H and O–H groups in total. The Balaban J connectivity index is -0.000000102. The first-order chi connectivity index (χ1) is 10.1. The first-order valence-corrected chi connectivity index (χ1v) is 9.07. The quantitative estimate of drug-likeness (QED) is 0.782. The van der Waals surface area contributed by atoms with Crippen molar-refractivity contribution in [3.8, 4) is 12.1 Å². The number of ketones is 2. The molecule has 0 bridgehead atoms. The van der Waals surface area contributed by atoms with E-state index in [0.717, 1.165) is 15.0 Å². The molecule has 0 aromatic carbocycles. The molecule has 0 saturated heterocycles. The summed E-state index contributed by atoms with van der Waals surface area (Å²) >= 11 is 0.389. The van der Waals surface area contributed by atoms with E-state index >= 15 is 0 Å². The predicted molar refractivity (Wildman–Crippen MR) is 86.7 cm³/mol. The molecule has 6 heteroatoms. The van der Waals surface area contributed by atoms with Crippen LogP contribution in [-0.4, -0.2) is 18.1 Å². The van der Waals surface area contributed by atoms with Crippen LogP contribution in [0, 0.1) is 22.7 Å². The summed E-state index contributed by atoms with van der Waals surface area (Å²) in [5.41, 5.74) is 4.85. The van der Waals surface area contributed by atoms with Crippen LogP contribution in [0.1, 0.15) is 61.3 Å². The van der Waals surface area contributed by atoms with Gasteiger partial charge in [0.2, 0.25) is 0 Å². The summed E-state index contributed by atoms with van der Waals surface area (Å²) < 4.78 is 2.00. The Kier molecular flexibility index (Phi) is 33.0. The van der Waals surface area contributed by atoms with E-state index in [1.807, 2.05) is 6.92 Å². The molecule has 0 aliphatic heterocycles. The van der Waals surface area contributed by atoms with Gasteiger partial charge in [-0.3, -0.25) is 9.59 Å². The molecule has 0 unspecified atom stereocenters. The van der Waals surface area contributed by atoms with Gasteiger partial charge in [-0.15, -0.1) is 0 Å². The number of hydrogen-bond acceptors (Lipinski definition) is 5. The van der Waals surface area contributed by atoms with Crippen molar-refractivity contribution in [2.75, 3.05) is 6.54 Å². The van der Waals surface area contributed by atoms with Gasteiger partial charge in [-0.2, -0.15) is 10.5 Å². The number of carbonyl (C=O) groups excluding carboxylic acids is 2. The van der Waals surface area contributed by atoms with Crippen LogP contribution < -0.4 is 5.73 Å². The van der Waals surface area contributed by atoms with Crippen molar-refractivity contribution in [2.45, 2.75) is 69.8 Å². The third kappa shape index (κ3) is 76.0. The van der Waals surface area contributed by atoms with E-state index < -0.39 is 0 Å². The number of hydrogen-bond donors (Lipinski definition) is 1. The third-order valence-electron chi connectivity index (χ3n) is 1.32. The Morgan fingerprint density at radius 1 is 0.955 bits per heavy atom. The monoisotopic (exact) mass is 345 g/mol. The van der Waals surface area contributed by atoms with Gasteiger partial charge in [-0.25, -0.2) is 0 Å². The summed E-state index contributed by atoms with van der Waals surface area (Å²) in [5, 5.41) is 15.5. The predicted octanol–water partition coefficient (Wildman–Crippen LogP) is 3.67. The SMILES string of the molecule is CC(=O)CC#N.CC(=O)CC#N.CCN.C[CH](C)[Ti][CH](C)C. The second kappa shape index (κ2) is 25.0.